The van der Waals surface area contributed by atoms with Crippen LogP contribution in [-0.4, -0.2) is 70.0 Å². The van der Waals surface area contributed by atoms with E-state index in [9.17, 15) is 9.59 Å². The van der Waals surface area contributed by atoms with Gasteiger partial charge in [-0.05, 0) is 57.2 Å². The van der Waals surface area contributed by atoms with Gasteiger partial charge in [0.1, 0.15) is 0 Å². The molecule has 0 aliphatic rings. The molecule has 0 saturated carbocycles. The smallest absolute Gasteiger partial charge is 0.276 e. The number of nitrogens with zero attached hydrogens (tertiary/aromatic N) is 2. The standard InChI is InChI=1S/C41H47N7O4S2/c1-26-14-16-32(17-15-26)46-40(50)41(3,52-39-36(45-23-31(43)25-54)21-19-34(48-39)29-12-8-5-9-13-29)37(49)27(2)51-38-35(44-22-30(42)24-53)20-18-33(47-38)28-10-6-4-7-11-28/h4-21,27,30-31,44-45,53-54H,22-25,42-43H2,1-3H3,(H,46,50). The third-order valence-corrected chi connectivity index (χ3v) is 9.55. The van der Waals surface area contributed by atoms with Crippen LogP contribution in [0, 0.1) is 6.92 Å². The Hall–Kier alpha value is -5.08. The number of hydrogen-bond acceptors (Lipinski definition) is 12. The second kappa shape index (κ2) is 18.8. The maximum atomic E-state index is 14.7. The second-order valence-corrected chi connectivity index (χ2v) is 13.8. The lowest BCUT2D eigenvalue weighted by atomic mass is 9.95. The van der Waals surface area contributed by atoms with E-state index in [1.165, 1.54) is 6.92 Å². The molecular formula is C41H47N7O4S2. The van der Waals surface area contributed by atoms with Gasteiger partial charge in [0.2, 0.25) is 23.1 Å². The molecule has 0 fully saturated rings. The van der Waals surface area contributed by atoms with E-state index in [4.69, 9.17) is 30.9 Å². The van der Waals surface area contributed by atoms with Gasteiger partial charge in [-0.1, -0.05) is 78.4 Å². The first-order valence-corrected chi connectivity index (χ1v) is 18.9. The molecule has 1 amide bonds. The van der Waals surface area contributed by atoms with Gasteiger partial charge in [0.25, 0.3) is 5.91 Å². The number of Topliss-reactive ketones (excluding diaryl/α,β-unsaturated/α-hetero) is 1. The number of amides is 1. The van der Waals surface area contributed by atoms with Crippen molar-refractivity contribution in [3.8, 4) is 34.3 Å². The highest BCUT2D eigenvalue weighted by atomic mass is 32.1. The molecule has 0 spiro atoms. The Labute approximate surface area is 327 Å². The molecule has 282 valence electrons. The fraction of sp³-hybridized carbons (Fsp3) is 0.268. The average molecular weight is 766 g/mol. The van der Waals surface area contributed by atoms with E-state index in [0.717, 1.165) is 16.7 Å². The van der Waals surface area contributed by atoms with Crippen LogP contribution < -0.4 is 36.9 Å². The Morgan fingerprint density at radius 2 is 1.20 bits per heavy atom. The number of thiol groups is 2. The number of ether oxygens (including phenoxy) is 2. The maximum absolute atomic E-state index is 14.7. The number of carbonyl (C=O) groups is 2. The van der Waals surface area contributed by atoms with Crippen molar-refractivity contribution in [3.05, 3.63) is 115 Å². The zero-order chi connectivity index (χ0) is 38.7. The van der Waals surface area contributed by atoms with E-state index < -0.39 is 23.4 Å². The van der Waals surface area contributed by atoms with Crippen molar-refractivity contribution in [1.82, 2.24) is 9.97 Å². The number of rotatable bonds is 18. The normalized spacial score (nSPS) is 13.8. The van der Waals surface area contributed by atoms with Gasteiger partial charge in [-0.25, -0.2) is 9.97 Å². The third kappa shape index (κ3) is 10.3. The number of carbonyl (C=O) groups excluding carboxylic acids is 2. The molecule has 11 nitrogen and oxygen atoms in total. The van der Waals surface area contributed by atoms with E-state index in [1.54, 1.807) is 25.1 Å². The molecule has 13 heteroatoms. The van der Waals surface area contributed by atoms with Crippen molar-refractivity contribution in [3.63, 3.8) is 0 Å². The summed E-state index contributed by atoms with van der Waals surface area (Å²) >= 11 is 8.61. The van der Waals surface area contributed by atoms with Crippen molar-refractivity contribution in [2.45, 2.75) is 44.6 Å². The molecule has 2 heterocycles. The Balaban J connectivity index is 1.55. The molecule has 4 unspecified atom stereocenters. The van der Waals surface area contributed by atoms with E-state index >= 15 is 0 Å². The van der Waals surface area contributed by atoms with Gasteiger partial charge in [-0.3, -0.25) is 9.59 Å². The highest BCUT2D eigenvalue weighted by Gasteiger charge is 2.48. The van der Waals surface area contributed by atoms with E-state index in [-0.39, 0.29) is 23.8 Å². The molecule has 5 rings (SSSR count). The van der Waals surface area contributed by atoms with Crippen LogP contribution in [0.4, 0.5) is 17.1 Å². The molecule has 3 aromatic carbocycles. The van der Waals surface area contributed by atoms with Crippen LogP contribution in [0.1, 0.15) is 19.4 Å². The lowest BCUT2D eigenvalue weighted by molar-refractivity contribution is -0.149. The lowest BCUT2D eigenvalue weighted by Gasteiger charge is -2.31. The largest absolute Gasteiger partial charge is 0.465 e. The van der Waals surface area contributed by atoms with Crippen LogP contribution in [0.2, 0.25) is 0 Å². The fourth-order valence-electron chi connectivity index (χ4n) is 5.37. The summed E-state index contributed by atoms with van der Waals surface area (Å²) in [5.41, 5.74) is 15.5. The SMILES string of the molecule is Cc1ccc(NC(=O)C(C)(Oc2nc(-c3ccccc3)ccc2NCC(N)CS)C(=O)C(C)Oc2nc(-c3ccccc3)ccc2NCC(N)CS)cc1. The van der Waals surface area contributed by atoms with Gasteiger partial charge in [0.05, 0.1) is 22.8 Å². The Morgan fingerprint density at radius 3 is 1.70 bits per heavy atom. The molecule has 0 aliphatic heterocycles. The molecule has 0 aliphatic carbocycles. The number of anilines is 3. The van der Waals surface area contributed by atoms with Crippen LogP contribution in [0.15, 0.2) is 109 Å². The summed E-state index contributed by atoms with van der Waals surface area (Å²) in [7, 11) is 0. The summed E-state index contributed by atoms with van der Waals surface area (Å²) < 4.78 is 12.9. The molecule has 2 aromatic heterocycles. The zero-order valence-corrected chi connectivity index (χ0v) is 32.3. The number of pyridine rings is 2. The Kier molecular flexibility index (Phi) is 14.0. The van der Waals surface area contributed by atoms with Gasteiger partial charge >= 0.3 is 0 Å². The molecule has 54 heavy (non-hydrogen) atoms. The van der Waals surface area contributed by atoms with Crippen LogP contribution in [-0.2, 0) is 9.59 Å². The topological polar surface area (TPSA) is 167 Å². The predicted molar refractivity (Wildman–Crippen MR) is 224 cm³/mol. The van der Waals surface area contributed by atoms with Crippen LogP contribution in [0.3, 0.4) is 0 Å². The van der Waals surface area contributed by atoms with E-state index in [2.05, 4.69) is 41.2 Å². The number of nitrogens with one attached hydrogen (secondary N) is 3. The van der Waals surface area contributed by atoms with Gasteiger partial charge < -0.3 is 36.9 Å². The number of aromatic nitrogens is 2. The number of hydrogen-bond donors (Lipinski definition) is 7. The van der Waals surface area contributed by atoms with Crippen molar-refractivity contribution < 1.29 is 19.1 Å². The zero-order valence-electron chi connectivity index (χ0n) is 30.5. The average Bonchev–Trinajstić information content (AvgIpc) is 3.20. The number of nitrogens with two attached hydrogens (primary N) is 2. The first-order chi connectivity index (χ1) is 26.0. The highest BCUT2D eigenvalue weighted by Crippen LogP contribution is 2.33. The predicted octanol–water partition coefficient (Wildman–Crippen LogP) is 6.27. The van der Waals surface area contributed by atoms with E-state index in [1.807, 2.05) is 97.9 Å². The monoisotopic (exact) mass is 765 g/mol. The quantitative estimate of drug-likeness (QED) is 0.0399. The molecular weight excluding hydrogens is 719 g/mol. The van der Waals surface area contributed by atoms with Crippen molar-refractivity contribution in [1.29, 1.82) is 0 Å². The Morgan fingerprint density at radius 1 is 0.722 bits per heavy atom. The summed E-state index contributed by atoms with van der Waals surface area (Å²) in [6.45, 7) is 5.63. The number of benzene rings is 3. The van der Waals surface area contributed by atoms with Gasteiger partial charge in [0.15, 0.2) is 6.10 Å². The molecule has 4 atom stereocenters. The maximum Gasteiger partial charge on any atom is 0.276 e. The van der Waals surface area contributed by atoms with Gasteiger partial charge in [-0.2, -0.15) is 25.3 Å². The highest BCUT2D eigenvalue weighted by molar-refractivity contribution is 7.80. The first-order valence-electron chi connectivity index (χ1n) is 17.6. The summed E-state index contributed by atoms with van der Waals surface area (Å²) in [4.78, 5) is 38.7. The summed E-state index contributed by atoms with van der Waals surface area (Å²) in [6, 6.07) is 33.1. The summed E-state index contributed by atoms with van der Waals surface area (Å²) in [5.74, 6) is -0.340. The van der Waals surface area contributed by atoms with E-state index in [0.29, 0.717) is 53.0 Å². The molecule has 0 bridgehead atoms. The van der Waals surface area contributed by atoms with Crippen molar-refractivity contribution in [2.24, 2.45) is 11.5 Å². The third-order valence-electron chi connectivity index (χ3n) is 8.61. The van der Waals surface area contributed by atoms with Crippen LogP contribution in [0.5, 0.6) is 11.8 Å². The van der Waals surface area contributed by atoms with Crippen molar-refractivity contribution >= 4 is 54.0 Å². The molecule has 5 aromatic rings. The summed E-state index contributed by atoms with van der Waals surface area (Å²) in [6.07, 6.45) is -1.23. The second-order valence-electron chi connectivity index (χ2n) is 13.1. The minimum absolute atomic E-state index is 0.0251. The minimum Gasteiger partial charge on any atom is -0.465 e. The van der Waals surface area contributed by atoms with Crippen LogP contribution >= 0.6 is 25.3 Å². The molecule has 0 radical (unpaired) electrons. The number of ketones is 1. The molecule has 7 N–H and O–H groups in total. The lowest BCUT2D eigenvalue weighted by Crippen LogP contribution is -2.56. The number of aryl methyl sites for hydroxylation is 1. The molecule has 0 saturated heterocycles. The Bertz CT molecular complexity index is 2000. The van der Waals surface area contributed by atoms with Gasteiger partial charge in [0, 0.05) is 53.5 Å². The summed E-state index contributed by atoms with van der Waals surface area (Å²) in [5, 5.41) is 9.39. The fourth-order valence-corrected chi connectivity index (χ4v) is 5.62. The van der Waals surface area contributed by atoms with Gasteiger partial charge in [-0.15, -0.1) is 0 Å². The van der Waals surface area contributed by atoms with Crippen molar-refractivity contribution in [2.75, 3.05) is 40.5 Å². The minimum atomic E-state index is -2.16. The first kappa shape index (κ1) is 40.1. The van der Waals surface area contributed by atoms with Crippen LogP contribution in [0.25, 0.3) is 22.5 Å².